The number of rotatable bonds is 3. The van der Waals surface area contributed by atoms with E-state index >= 15 is 0 Å². The summed E-state index contributed by atoms with van der Waals surface area (Å²) < 4.78 is 82.5. The third kappa shape index (κ3) is 4.56. The summed E-state index contributed by atoms with van der Waals surface area (Å²) in [5, 5.41) is 0.683. The van der Waals surface area contributed by atoms with Crippen LogP contribution in [0, 0.1) is 31.9 Å². The summed E-state index contributed by atoms with van der Waals surface area (Å²) in [6, 6.07) is 12.0. The van der Waals surface area contributed by atoms with Gasteiger partial charge in [0.05, 0.1) is 11.8 Å². The standard InChI is InChI=1S/C37H40FN2O/c1-23-8-10-30-35-33(19-28(38)21-39-35)41-36(30)34(23)32-20-31(25(3)22-40(32)4)29-11-9-27(18-24(29)2)26-12-16-37(17-13-26)14-6-5-7-15-37/h8-11,18-22,26H,5-7,12-17H2,1-4H3/q+1/i2D3,3D3,26D. The molecule has 2 fully saturated rings. The highest BCUT2D eigenvalue weighted by Crippen LogP contribution is 2.51. The Morgan fingerprint density at radius 3 is 2.54 bits per heavy atom. The van der Waals surface area contributed by atoms with Gasteiger partial charge in [-0.1, -0.05) is 43.5 Å². The van der Waals surface area contributed by atoms with E-state index in [9.17, 15) is 5.76 Å². The van der Waals surface area contributed by atoms with E-state index in [1.807, 2.05) is 25.1 Å². The number of benzene rings is 2. The molecule has 0 radical (unpaired) electrons. The first-order valence-electron chi connectivity index (χ1n) is 18.3. The second-order valence-electron chi connectivity index (χ2n) is 12.3. The fourth-order valence-corrected chi connectivity index (χ4v) is 7.39. The average Bonchev–Trinajstić information content (AvgIpc) is 3.39. The van der Waals surface area contributed by atoms with Crippen molar-refractivity contribution >= 4 is 22.1 Å². The molecule has 3 heterocycles. The van der Waals surface area contributed by atoms with E-state index in [1.54, 1.807) is 29.8 Å². The summed E-state index contributed by atoms with van der Waals surface area (Å²) in [5.74, 6) is -1.42. The van der Waals surface area contributed by atoms with Gasteiger partial charge in [0, 0.05) is 32.7 Å². The van der Waals surface area contributed by atoms with E-state index in [-0.39, 0.29) is 16.7 Å². The lowest BCUT2D eigenvalue weighted by atomic mass is 9.62. The van der Waals surface area contributed by atoms with Crippen LogP contribution in [0.1, 0.15) is 95.5 Å². The van der Waals surface area contributed by atoms with E-state index in [0.29, 0.717) is 62.7 Å². The van der Waals surface area contributed by atoms with Crippen LogP contribution in [0.15, 0.2) is 59.3 Å². The summed E-state index contributed by atoms with van der Waals surface area (Å²) >= 11 is 0. The maximum atomic E-state index is 14.1. The van der Waals surface area contributed by atoms with Gasteiger partial charge in [0.1, 0.15) is 18.4 Å². The first-order valence-corrected chi connectivity index (χ1v) is 14.8. The van der Waals surface area contributed by atoms with E-state index in [1.165, 1.54) is 44.4 Å². The average molecular weight is 555 g/mol. The molecule has 41 heavy (non-hydrogen) atoms. The highest BCUT2D eigenvalue weighted by Gasteiger charge is 2.36. The minimum Gasteiger partial charge on any atom is -0.453 e. The minimum atomic E-state index is -2.56. The topological polar surface area (TPSA) is 29.9 Å². The zero-order valence-corrected chi connectivity index (χ0v) is 23.7. The van der Waals surface area contributed by atoms with Gasteiger partial charge in [0.25, 0.3) is 0 Å². The Hall–Kier alpha value is -3.53. The second-order valence-corrected chi connectivity index (χ2v) is 12.3. The minimum absolute atomic E-state index is 0.0164. The largest absolute Gasteiger partial charge is 0.453 e. The maximum absolute atomic E-state index is 14.1. The molecule has 3 nitrogen and oxygen atoms in total. The molecule has 0 N–H and O–H groups in total. The van der Waals surface area contributed by atoms with Crippen LogP contribution in [0.25, 0.3) is 44.5 Å². The number of hydrogen-bond donors (Lipinski definition) is 0. The first-order chi connectivity index (χ1) is 22.6. The van der Waals surface area contributed by atoms with Crippen LogP contribution in [0.2, 0.25) is 0 Å². The quantitative estimate of drug-likeness (QED) is 0.208. The Balaban J connectivity index is 1.40. The fraction of sp³-hybridized carbons (Fsp3) is 0.405. The molecule has 0 saturated heterocycles. The van der Waals surface area contributed by atoms with Gasteiger partial charge in [-0.2, -0.15) is 0 Å². The molecule has 0 unspecified atom stereocenters. The zero-order chi connectivity index (χ0) is 34.2. The van der Waals surface area contributed by atoms with Crippen molar-refractivity contribution in [3.8, 4) is 22.4 Å². The van der Waals surface area contributed by atoms with Gasteiger partial charge < -0.3 is 4.42 Å². The highest BCUT2D eigenvalue weighted by atomic mass is 19.1. The lowest BCUT2D eigenvalue weighted by molar-refractivity contribution is -0.660. The molecule has 2 saturated carbocycles. The molecule has 0 bridgehead atoms. The van der Waals surface area contributed by atoms with Crippen molar-refractivity contribution in [2.24, 2.45) is 12.5 Å². The van der Waals surface area contributed by atoms with Crippen LogP contribution in [-0.2, 0) is 7.05 Å². The zero-order valence-electron chi connectivity index (χ0n) is 30.7. The molecule has 0 atom stereocenters. The Morgan fingerprint density at radius 2 is 1.76 bits per heavy atom. The number of pyridine rings is 2. The van der Waals surface area contributed by atoms with Gasteiger partial charge in [-0.15, -0.1) is 0 Å². The van der Waals surface area contributed by atoms with Crippen LogP contribution in [0.4, 0.5) is 4.39 Å². The number of halogens is 1. The van der Waals surface area contributed by atoms with Gasteiger partial charge in [0.2, 0.25) is 5.69 Å². The third-order valence-corrected chi connectivity index (χ3v) is 9.73. The number of nitrogens with zero attached hydrogens (tertiary/aromatic N) is 2. The molecule has 1 spiro atoms. The number of furan rings is 1. The lowest BCUT2D eigenvalue weighted by Crippen LogP contribution is -2.31. The van der Waals surface area contributed by atoms with Gasteiger partial charge >= 0.3 is 0 Å². The van der Waals surface area contributed by atoms with Crippen molar-refractivity contribution in [1.82, 2.24) is 4.98 Å². The molecule has 210 valence electrons. The van der Waals surface area contributed by atoms with Crippen molar-refractivity contribution in [2.45, 2.75) is 84.3 Å². The summed E-state index contributed by atoms with van der Waals surface area (Å²) in [5.41, 5.74) is 4.99. The maximum Gasteiger partial charge on any atom is 0.216 e. The molecule has 2 aromatic carbocycles. The normalized spacial score (nSPS) is 21.5. The molecular weight excluding hydrogens is 507 g/mol. The Morgan fingerprint density at radius 1 is 0.951 bits per heavy atom. The van der Waals surface area contributed by atoms with E-state index in [4.69, 9.17) is 12.6 Å². The Kier molecular flexibility index (Phi) is 4.81. The smallest absolute Gasteiger partial charge is 0.216 e. The van der Waals surface area contributed by atoms with Crippen molar-refractivity contribution in [3.05, 3.63) is 82.9 Å². The van der Waals surface area contributed by atoms with E-state index in [2.05, 4.69) is 4.98 Å². The number of aromatic nitrogens is 2. The summed E-state index contributed by atoms with van der Waals surface area (Å²) in [6.07, 6.45) is 12.2. The third-order valence-electron chi connectivity index (χ3n) is 9.73. The fourth-order valence-electron chi connectivity index (χ4n) is 7.39. The number of hydrogen-bond acceptors (Lipinski definition) is 2. The van der Waals surface area contributed by atoms with Crippen molar-refractivity contribution in [3.63, 3.8) is 0 Å². The second kappa shape index (κ2) is 10.1. The Bertz CT molecular complexity index is 2050. The lowest BCUT2D eigenvalue weighted by Gasteiger charge is -2.43. The molecule has 0 aliphatic heterocycles. The summed E-state index contributed by atoms with van der Waals surface area (Å²) in [4.78, 5) is 4.26. The van der Waals surface area contributed by atoms with Crippen LogP contribution in [0.3, 0.4) is 0 Å². The van der Waals surface area contributed by atoms with Gasteiger partial charge in [-0.25, -0.2) is 13.9 Å². The molecule has 0 amide bonds. The van der Waals surface area contributed by atoms with Crippen molar-refractivity contribution in [2.75, 3.05) is 0 Å². The molecule has 5 aromatic rings. The monoisotopic (exact) mass is 554 g/mol. The molecule has 7 rings (SSSR count). The predicted molar refractivity (Wildman–Crippen MR) is 164 cm³/mol. The number of fused-ring (bicyclic) bond motifs is 3. The summed E-state index contributed by atoms with van der Waals surface area (Å²) in [6.45, 7) is -3.20. The molecule has 2 aliphatic carbocycles. The molecular formula is C37H40FN2O+. The van der Waals surface area contributed by atoms with E-state index < -0.39 is 25.4 Å². The van der Waals surface area contributed by atoms with E-state index in [0.717, 1.165) is 24.6 Å². The van der Waals surface area contributed by atoms with Crippen molar-refractivity contribution < 1.29 is 23.0 Å². The van der Waals surface area contributed by atoms with Crippen LogP contribution in [0.5, 0.6) is 0 Å². The summed E-state index contributed by atoms with van der Waals surface area (Å²) in [7, 11) is 1.74. The van der Waals surface area contributed by atoms with Crippen LogP contribution in [-0.4, -0.2) is 4.98 Å². The van der Waals surface area contributed by atoms with Crippen LogP contribution < -0.4 is 4.57 Å². The predicted octanol–water partition coefficient (Wildman–Crippen LogP) is 9.81. The molecule has 4 heteroatoms. The first kappa shape index (κ1) is 19.6. The molecule has 2 aliphatic rings. The van der Waals surface area contributed by atoms with Gasteiger partial charge in [-0.3, -0.25) is 0 Å². The Labute approximate surface area is 252 Å². The van der Waals surface area contributed by atoms with Gasteiger partial charge in [0.15, 0.2) is 17.4 Å². The molecule has 3 aromatic heterocycles. The SMILES string of the molecule is [2H]C([2H])([2H])c1cc(C2([2H])CCC3(CCCCC3)CC2)ccc1-c1cc(-c2c(C)ccc3c2oc2cc(F)cnc23)[n+](C)cc1C([2H])([2H])[2H]. The highest BCUT2D eigenvalue weighted by molar-refractivity contribution is 6.08. The van der Waals surface area contributed by atoms with Crippen molar-refractivity contribution in [1.29, 1.82) is 0 Å². The van der Waals surface area contributed by atoms with Crippen LogP contribution >= 0.6 is 0 Å². The van der Waals surface area contributed by atoms with Gasteiger partial charge in [-0.05, 0) is 104 Å². The number of aryl methyl sites for hydroxylation is 4.